The molecule has 0 spiro atoms. The number of anilines is 1. The lowest BCUT2D eigenvalue weighted by atomic mass is 10.1. The normalized spacial score (nSPS) is 11.5. The summed E-state index contributed by atoms with van der Waals surface area (Å²) in [4.78, 5) is 23.7. The lowest BCUT2D eigenvalue weighted by Gasteiger charge is -2.08. The Balaban J connectivity index is 2.36. The number of carbonyl (C=O) groups is 2. The minimum absolute atomic E-state index is 0.168. The maximum Gasteiger partial charge on any atom is 0.436 e. The van der Waals surface area contributed by atoms with Crippen molar-refractivity contribution in [2.75, 3.05) is 5.32 Å². The fourth-order valence-corrected chi connectivity index (χ4v) is 2.59. The number of hydrogen-bond acceptors (Lipinski definition) is 3. The fourth-order valence-electron chi connectivity index (χ4n) is 1.99. The number of ketones is 1. The highest BCUT2D eigenvalue weighted by molar-refractivity contribution is 6.35. The highest BCUT2D eigenvalue weighted by Crippen LogP contribution is 2.35. The predicted molar refractivity (Wildman–Crippen MR) is 82.6 cm³/mol. The van der Waals surface area contributed by atoms with E-state index in [1.807, 2.05) is 0 Å². The van der Waals surface area contributed by atoms with E-state index in [0.29, 0.717) is 0 Å². The summed E-state index contributed by atoms with van der Waals surface area (Å²) in [6.45, 7) is 1.29. The number of nitrogens with one attached hydrogen (secondary N) is 1. The number of amides is 1. The Kier molecular flexibility index (Phi) is 4.91. The first kappa shape index (κ1) is 18.3. The van der Waals surface area contributed by atoms with Gasteiger partial charge in [-0.1, -0.05) is 23.2 Å². The number of rotatable bonds is 3. The van der Waals surface area contributed by atoms with Gasteiger partial charge in [0.1, 0.15) is 10.7 Å². The number of hydrogen-bond donors (Lipinski definition) is 1. The first-order valence-electron chi connectivity index (χ1n) is 6.44. The maximum atomic E-state index is 12.8. The lowest BCUT2D eigenvalue weighted by molar-refractivity contribution is -0.141. The Labute approximate surface area is 144 Å². The van der Waals surface area contributed by atoms with Crippen molar-refractivity contribution in [2.24, 2.45) is 7.05 Å². The molecule has 128 valence electrons. The average Bonchev–Trinajstić information content (AvgIpc) is 2.75. The SMILES string of the molecule is CC(=O)c1cc(NC(=O)c2c(Cl)c(C(F)(F)F)nn2C)ccc1Cl. The number of Topliss-reactive ketones (excluding diaryl/α,β-unsaturated/α-hetero) is 1. The molecule has 0 bridgehead atoms. The molecular formula is C14H10Cl2F3N3O2. The van der Waals surface area contributed by atoms with E-state index in [9.17, 15) is 22.8 Å². The zero-order chi connectivity index (χ0) is 18.2. The van der Waals surface area contributed by atoms with E-state index in [1.54, 1.807) is 0 Å². The first-order chi connectivity index (χ1) is 11.0. The minimum atomic E-state index is -4.78. The van der Waals surface area contributed by atoms with Gasteiger partial charge >= 0.3 is 6.18 Å². The van der Waals surface area contributed by atoms with E-state index >= 15 is 0 Å². The molecule has 0 radical (unpaired) electrons. The molecule has 0 atom stereocenters. The molecule has 0 saturated carbocycles. The van der Waals surface area contributed by atoms with Crippen molar-refractivity contribution in [1.29, 1.82) is 0 Å². The van der Waals surface area contributed by atoms with Crippen LogP contribution in [0.5, 0.6) is 0 Å². The molecule has 5 nitrogen and oxygen atoms in total. The molecule has 1 aromatic carbocycles. The van der Waals surface area contributed by atoms with Gasteiger partial charge in [-0.25, -0.2) is 0 Å². The molecule has 2 rings (SSSR count). The molecule has 2 aromatic rings. The van der Waals surface area contributed by atoms with Gasteiger partial charge < -0.3 is 5.32 Å². The molecule has 0 aliphatic rings. The summed E-state index contributed by atoms with van der Waals surface area (Å²) in [5, 5.41) is 4.98. The summed E-state index contributed by atoms with van der Waals surface area (Å²) in [7, 11) is 1.17. The molecule has 1 N–H and O–H groups in total. The van der Waals surface area contributed by atoms with Crippen LogP contribution in [0.3, 0.4) is 0 Å². The third-order valence-electron chi connectivity index (χ3n) is 3.08. The van der Waals surface area contributed by atoms with E-state index in [2.05, 4.69) is 10.4 Å². The van der Waals surface area contributed by atoms with E-state index in [1.165, 1.54) is 32.2 Å². The largest absolute Gasteiger partial charge is 0.436 e. The molecule has 0 saturated heterocycles. The van der Waals surface area contributed by atoms with Gasteiger partial charge in [0, 0.05) is 18.3 Å². The molecule has 0 aliphatic carbocycles. The van der Waals surface area contributed by atoms with Crippen LogP contribution in [0.15, 0.2) is 18.2 Å². The van der Waals surface area contributed by atoms with Crippen molar-refractivity contribution in [3.8, 4) is 0 Å². The highest BCUT2D eigenvalue weighted by Gasteiger charge is 2.39. The topological polar surface area (TPSA) is 64.0 Å². The molecule has 1 amide bonds. The van der Waals surface area contributed by atoms with Crippen LogP contribution in [-0.2, 0) is 13.2 Å². The molecule has 1 aromatic heterocycles. The molecule has 10 heteroatoms. The van der Waals surface area contributed by atoms with Crippen molar-refractivity contribution in [3.63, 3.8) is 0 Å². The van der Waals surface area contributed by atoms with E-state index in [4.69, 9.17) is 23.2 Å². The van der Waals surface area contributed by atoms with Gasteiger partial charge in [0.2, 0.25) is 0 Å². The Bertz CT molecular complexity index is 831. The summed E-state index contributed by atoms with van der Waals surface area (Å²) in [5.41, 5.74) is -1.46. The molecule has 0 aliphatic heterocycles. The number of nitrogens with zero attached hydrogens (tertiary/aromatic N) is 2. The predicted octanol–water partition coefficient (Wildman–Crippen LogP) is 4.20. The summed E-state index contributed by atoms with van der Waals surface area (Å²) >= 11 is 11.5. The second-order valence-electron chi connectivity index (χ2n) is 4.84. The van der Waals surface area contributed by atoms with Crippen molar-refractivity contribution in [2.45, 2.75) is 13.1 Å². The van der Waals surface area contributed by atoms with Gasteiger partial charge in [-0.3, -0.25) is 14.3 Å². The number of halogens is 5. The summed E-state index contributed by atoms with van der Waals surface area (Å²) in [5.74, 6) is -1.23. The van der Waals surface area contributed by atoms with Crippen LogP contribution in [0.2, 0.25) is 10.0 Å². The van der Waals surface area contributed by atoms with Crippen LogP contribution < -0.4 is 5.32 Å². The third kappa shape index (κ3) is 3.54. The van der Waals surface area contributed by atoms with Gasteiger partial charge in [0.15, 0.2) is 11.5 Å². The molecule has 0 unspecified atom stereocenters. The fraction of sp³-hybridized carbons (Fsp3) is 0.214. The highest BCUT2D eigenvalue weighted by atomic mass is 35.5. The van der Waals surface area contributed by atoms with E-state index in [-0.39, 0.29) is 22.1 Å². The van der Waals surface area contributed by atoms with E-state index in [0.717, 1.165) is 4.68 Å². The van der Waals surface area contributed by atoms with E-state index < -0.39 is 28.5 Å². The van der Waals surface area contributed by atoms with Crippen LogP contribution in [0.1, 0.15) is 33.5 Å². The van der Waals surface area contributed by atoms with Crippen LogP contribution in [0.25, 0.3) is 0 Å². The van der Waals surface area contributed by atoms with Crippen molar-refractivity contribution in [3.05, 3.63) is 45.2 Å². The van der Waals surface area contributed by atoms with Gasteiger partial charge in [0.05, 0.1) is 5.02 Å². The minimum Gasteiger partial charge on any atom is -0.321 e. The number of aromatic nitrogens is 2. The quantitative estimate of drug-likeness (QED) is 0.812. The molecule has 24 heavy (non-hydrogen) atoms. The number of alkyl halides is 3. The Hall–Kier alpha value is -2.06. The monoisotopic (exact) mass is 379 g/mol. The van der Waals surface area contributed by atoms with Gasteiger partial charge in [-0.15, -0.1) is 0 Å². The number of aryl methyl sites for hydroxylation is 1. The first-order valence-corrected chi connectivity index (χ1v) is 7.19. The van der Waals surface area contributed by atoms with Gasteiger partial charge in [-0.05, 0) is 25.1 Å². The smallest absolute Gasteiger partial charge is 0.321 e. The van der Waals surface area contributed by atoms with Crippen molar-refractivity contribution in [1.82, 2.24) is 9.78 Å². The zero-order valence-corrected chi connectivity index (χ0v) is 13.8. The van der Waals surface area contributed by atoms with Crippen LogP contribution in [-0.4, -0.2) is 21.5 Å². The molecule has 0 fully saturated rings. The summed E-state index contributed by atoms with van der Waals surface area (Å²) < 4.78 is 39.1. The average molecular weight is 380 g/mol. The summed E-state index contributed by atoms with van der Waals surface area (Å²) in [6, 6.07) is 4.11. The van der Waals surface area contributed by atoms with Crippen molar-refractivity contribution < 1.29 is 22.8 Å². The second-order valence-corrected chi connectivity index (χ2v) is 5.62. The Morgan fingerprint density at radius 1 is 1.25 bits per heavy atom. The Morgan fingerprint density at radius 3 is 2.38 bits per heavy atom. The van der Waals surface area contributed by atoms with Gasteiger partial charge in [0.25, 0.3) is 5.91 Å². The van der Waals surface area contributed by atoms with Crippen LogP contribution in [0.4, 0.5) is 18.9 Å². The van der Waals surface area contributed by atoms with Gasteiger partial charge in [-0.2, -0.15) is 18.3 Å². The standard InChI is InChI=1S/C14H10Cl2F3N3O2/c1-6(23)8-5-7(3-4-9(8)15)20-13(24)11-10(16)12(14(17,18)19)21-22(11)2/h3-5H,1-2H3,(H,20,24). The van der Waals surface area contributed by atoms with Crippen LogP contribution in [0, 0.1) is 0 Å². The molecular weight excluding hydrogens is 370 g/mol. The number of carbonyl (C=O) groups excluding carboxylic acids is 2. The second kappa shape index (κ2) is 6.45. The lowest BCUT2D eigenvalue weighted by Crippen LogP contribution is -2.16. The number of benzene rings is 1. The summed E-state index contributed by atoms with van der Waals surface area (Å²) in [6.07, 6.45) is -4.78. The Morgan fingerprint density at radius 2 is 1.88 bits per heavy atom. The third-order valence-corrected chi connectivity index (χ3v) is 3.76. The molecule has 1 heterocycles. The maximum absolute atomic E-state index is 12.8. The van der Waals surface area contributed by atoms with Crippen molar-refractivity contribution >= 4 is 40.6 Å². The van der Waals surface area contributed by atoms with Crippen LogP contribution >= 0.6 is 23.2 Å². The zero-order valence-electron chi connectivity index (χ0n) is 12.3.